The van der Waals surface area contributed by atoms with Crippen LogP contribution in [-0.2, 0) is 6.54 Å². The molecule has 0 unspecified atom stereocenters. The van der Waals surface area contributed by atoms with Crippen LogP contribution in [0.2, 0.25) is 0 Å². The Morgan fingerprint density at radius 2 is 1.71 bits per heavy atom. The fourth-order valence-electron chi connectivity index (χ4n) is 3.37. The highest BCUT2D eigenvalue weighted by atomic mass is 14.7. The van der Waals surface area contributed by atoms with Crippen LogP contribution in [-0.4, -0.2) is 5.71 Å². The summed E-state index contributed by atoms with van der Waals surface area (Å²) in [6.45, 7) is 14.0. The molecule has 0 heterocycles. The summed E-state index contributed by atoms with van der Waals surface area (Å²) in [5, 5.41) is 0. The van der Waals surface area contributed by atoms with Gasteiger partial charge in [0.1, 0.15) is 0 Å². The molecule has 1 nitrogen and oxygen atoms in total. The van der Waals surface area contributed by atoms with Gasteiger partial charge in [-0.05, 0) is 63.7 Å². The maximum absolute atomic E-state index is 5.13. The van der Waals surface area contributed by atoms with Crippen molar-refractivity contribution >= 4 is 5.71 Å². The minimum atomic E-state index is 0.746. The van der Waals surface area contributed by atoms with E-state index >= 15 is 0 Å². The standard InChI is InChI=1S/C27H39N/c1-7-11-13-17-22(5)20-27(28-21-24-18-14-12-15-19-24)25(10-4)26(16-8-2)23(6)9-3/h7,9,11-12,14-15,17-19H,8,10,13,16,20-21H2,1-6H3/b11-7-,22-17-,23-9+,26-25+,28-27-. The largest absolute Gasteiger partial charge is 0.284 e. The molecule has 0 N–H and O–H groups in total. The third-order valence-electron chi connectivity index (χ3n) is 5.05. The number of rotatable bonds is 11. The van der Waals surface area contributed by atoms with E-state index in [9.17, 15) is 0 Å². The van der Waals surface area contributed by atoms with E-state index < -0.39 is 0 Å². The van der Waals surface area contributed by atoms with E-state index in [1.165, 1.54) is 33.6 Å². The van der Waals surface area contributed by atoms with Crippen molar-refractivity contribution in [2.45, 2.75) is 80.2 Å². The van der Waals surface area contributed by atoms with Gasteiger partial charge in [-0.3, -0.25) is 4.99 Å². The molecule has 0 saturated heterocycles. The second kappa shape index (κ2) is 13.9. The summed E-state index contributed by atoms with van der Waals surface area (Å²) >= 11 is 0. The summed E-state index contributed by atoms with van der Waals surface area (Å²) in [6, 6.07) is 10.6. The second-order valence-corrected chi connectivity index (χ2v) is 7.31. The molecule has 1 aromatic carbocycles. The number of benzene rings is 1. The molecule has 0 atom stereocenters. The Hall–Kier alpha value is -2.15. The molecule has 0 aliphatic carbocycles. The summed E-state index contributed by atoms with van der Waals surface area (Å²) in [6.07, 6.45) is 14.1. The summed E-state index contributed by atoms with van der Waals surface area (Å²) in [7, 11) is 0. The van der Waals surface area contributed by atoms with E-state index in [0.29, 0.717) is 0 Å². The lowest BCUT2D eigenvalue weighted by molar-refractivity contribution is 0.889. The van der Waals surface area contributed by atoms with Crippen molar-refractivity contribution in [3.05, 3.63) is 82.5 Å². The predicted molar refractivity (Wildman–Crippen MR) is 127 cm³/mol. The van der Waals surface area contributed by atoms with Crippen LogP contribution in [0.25, 0.3) is 0 Å². The Morgan fingerprint density at radius 1 is 1.00 bits per heavy atom. The maximum Gasteiger partial charge on any atom is 0.0643 e. The first kappa shape index (κ1) is 23.9. The van der Waals surface area contributed by atoms with Crippen LogP contribution in [0.5, 0.6) is 0 Å². The van der Waals surface area contributed by atoms with Crippen molar-refractivity contribution < 1.29 is 0 Å². The monoisotopic (exact) mass is 377 g/mol. The van der Waals surface area contributed by atoms with E-state index in [4.69, 9.17) is 4.99 Å². The van der Waals surface area contributed by atoms with Gasteiger partial charge in [-0.25, -0.2) is 0 Å². The molecule has 1 heteroatoms. The van der Waals surface area contributed by atoms with Crippen LogP contribution in [0.3, 0.4) is 0 Å². The third-order valence-corrected chi connectivity index (χ3v) is 5.05. The SMILES string of the molecule is C/C=C\C/C=C(/C)CC(=N/Cc1ccccc1)/C(CC)=C(CCC)/C(C)=C/C. The zero-order valence-corrected chi connectivity index (χ0v) is 18.9. The summed E-state index contributed by atoms with van der Waals surface area (Å²) in [5.41, 5.74) is 8.23. The first-order chi connectivity index (χ1) is 13.6. The average molecular weight is 378 g/mol. The molecule has 1 rings (SSSR count). The Bertz CT molecular complexity index is 727. The number of hydrogen-bond acceptors (Lipinski definition) is 1. The molecular formula is C27H39N. The number of hydrogen-bond donors (Lipinski definition) is 0. The van der Waals surface area contributed by atoms with Gasteiger partial charge in [0.15, 0.2) is 0 Å². The fraction of sp³-hybridized carbons (Fsp3) is 0.444. The smallest absolute Gasteiger partial charge is 0.0643 e. The minimum Gasteiger partial charge on any atom is -0.284 e. The molecule has 0 spiro atoms. The highest BCUT2D eigenvalue weighted by Gasteiger charge is 2.13. The van der Waals surface area contributed by atoms with Crippen molar-refractivity contribution in [1.82, 2.24) is 0 Å². The van der Waals surface area contributed by atoms with Gasteiger partial charge in [-0.15, -0.1) is 0 Å². The van der Waals surface area contributed by atoms with E-state index in [-0.39, 0.29) is 0 Å². The van der Waals surface area contributed by atoms with Gasteiger partial charge in [-0.2, -0.15) is 0 Å². The van der Waals surface area contributed by atoms with Crippen LogP contribution in [0, 0.1) is 0 Å². The van der Waals surface area contributed by atoms with Gasteiger partial charge in [-0.1, -0.05) is 86.1 Å². The van der Waals surface area contributed by atoms with Crippen molar-refractivity contribution in [2.75, 3.05) is 0 Å². The summed E-state index contributed by atoms with van der Waals surface area (Å²) in [4.78, 5) is 5.13. The van der Waals surface area contributed by atoms with Gasteiger partial charge in [0.05, 0.1) is 6.54 Å². The highest BCUT2D eigenvalue weighted by Crippen LogP contribution is 2.26. The maximum atomic E-state index is 5.13. The van der Waals surface area contributed by atoms with E-state index in [1.807, 2.05) is 0 Å². The molecule has 1 aromatic rings. The topological polar surface area (TPSA) is 12.4 Å². The molecule has 0 aliphatic heterocycles. The molecule has 28 heavy (non-hydrogen) atoms. The molecule has 0 radical (unpaired) electrons. The molecule has 0 aromatic heterocycles. The Morgan fingerprint density at radius 3 is 2.29 bits per heavy atom. The molecule has 0 fully saturated rings. The first-order valence-corrected chi connectivity index (χ1v) is 10.8. The van der Waals surface area contributed by atoms with Gasteiger partial charge in [0.25, 0.3) is 0 Å². The van der Waals surface area contributed by atoms with Gasteiger partial charge in [0.2, 0.25) is 0 Å². The highest BCUT2D eigenvalue weighted by molar-refractivity contribution is 6.02. The number of allylic oxidation sites excluding steroid dienone is 8. The Balaban J connectivity index is 3.34. The third kappa shape index (κ3) is 8.25. The lowest BCUT2D eigenvalue weighted by atomic mass is 9.89. The first-order valence-electron chi connectivity index (χ1n) is 10.8. The molecule has 0 aliphatic rings. The summed E-state index contributed by atoms with van der Waals surface area (Å²) < 4.78 is 0. The van der Waals surface area contributed by atoms with Crippen LogP contribution in [0.4, 0.5) is 0 Å². The fourth-order valence-corrected chi connectivity index (χ4v) is 3.37. The van der Waals surface area contributed by atoms with E-state index in [0.717, 1.165) is 38.6 Å². The quantitative estimate of drug-likeness (QED) is 0.208. The van der Waals surface area contributed by atoms with E-state index in [1.54, 1.807) is 0 Å². The predicted octanol–water partition coefficient (Wildman–Crippen LogP) is 8.40. The zero-order valence-electron chi connectivity index (χ0n) is 18.9. The van der Waals surface area contributed by atoms with Crippen molar-refractivity contribution in [1.29, 1.82) is 0 Å². The van der Waals surface area contributed by atoms with E-state index in [2.05, 4.69) is 96.2 Å². The van der Waals surface area contributed by atoms with Gasteiger partial charge < -0.3 is 0 Å². The molecule has 0 amide bonds. The molecule has 0 saturated carbocycles. The lowest BCUT2D eigenvalue weighted by Gasteiger charge is -2.18. The molecule has 0 bridgehead atoms. The van der Waals surface area contributed by atoms with Crippen molar-refractivity contribution in [3.63, 3.8) is 0 Å². The van der Waals surface area contributed by atoms with Gasteiger partial charge in [0, 0.05) is 12.1 Å². The van der Waals surface area contributed by atoms with Crippen molar-refractivity contribution in [3.8, 4) is 0 Å². The van der Waals surface area contributed by atoms with Crippen molar-refractivity contribution in [2.24, 2.45) is 4.99 Å². The normalized spacial score (nSPS) is 14.6. The van der Waals surface area contributed by atoms with Gasteiger partial charge >= 0.3 is 0 Å². The van der Waals surface area contributed by atoms with Crippen LogP contribution >= 0.6 is 0 Å². The van der Waals surface area contributed by atoms with Crippen LogP contribution in [0.1, 0.15) is 79.2 Å². The average Bonchev–Trinajstić information content (AvgIpc) is 2.72. The Labute approximate surface area is 173 Å². The second-order valence-electron chi connectivity index (χ2n) is 7.31. The zero-order chi connectivity index (χ0) is 20.8. The van der Waals surface area contributed by atoms with Crippen LogP contribution < -0.4 is 0 Å². The molecule has 152 valence electrons. The Kier molecular flexibility index (Phi) is 11.9. The lowest BCUT2D eigenvalue weighted by Crippen LogP contribution is -2.09. The van der Waals surface area contributed by atoms with Crippen LogP contribution in [0.15, 0.2) is 81.9 Å². The minimum absolute atomic E-state index is 0.746. The number of aliphatic imine (C=N–C) groups is 1. The summed E-state index contributed by atoms with van der Waals surface area (Å²) in [5.74, 6) is 0. The number of nitrogens with zero attached hydrogens (tertiary/aromatic N) is 1. The molecular weight excluding hydrogens is 338 g/mol.